The second kappa shape index (κ2) is 7.35. The molecule has 6 nitrogen and oxygen atoms in total. The predicted octanol–water partition coefficient (Wildman–Crippen LogP) is 4.49. The molecule has 0 N–H and O–H groups in total. The van der Waals surface area contributed by atoms with Crippen LogP contribution in [0.4, 0.5) is 4.79 Å². The topological polar surface area (TPSA) is 54.4 Å². The molecule has 0 aromatic heterocycles. The second-order valence-electron chi connectivity index (χ2n) is 8.25. The smallest absolute Gasteiger partial charge is 0.409 e. The lowest BCUT2D eigenvalue weighted by molar-refractivity contribution is -0.147. The van der Waals surface area contributed by atoms with Crippen LogP contribution in [0.5, 0.6) is 5.75 Å². The van der Waals surface area contributed by atoms with Gasteiger partial charge in [-0.05, 0) is 25.5 Å². The lowest BCUT2D eigenvalue weighted by atomic mass is 9.91. The molecule has 30 heavy (non-hydrogen) atoms. The normalized spacial score (nSPS) is 21.5. The van der Waals surface area contributed by atoms with Crippen molar-refractivity contribution in [2.24, 2.45) is 5.10 Å². The van der Waals surface area contributed by atoms with Crippen molar-refractivity contribution in [1.29, 1.82) is 0 Å². The second-order valence-corrected chi connectivity index (χ2v) is 8.25. The van der Waals surface area contributed by atoms with Gasteiger partial charge in [-0.2, -0.15) is 5.10 Å². The van der Waals surface area contributed by atoms with Gasteiger partial charge >= 0.3 is 6.09 Å². The lowest BCUT2D eigenvalue weighted by Gasteiger charge is -2.50. The Morgan fingerprint density at radius 2 is 1.90 bits per heavy atom. The van der Waals surface area contributed by atoms with E-state index in [2.05, 4.69) is 54.4 Å². The average molecular weight is 405 g/mol. The minimum absolute atomic E-state index is 0.153. The summed E-state index contributed by atoms with van der Waals surface area (Å²) in [6.45, 7) is 5.52. The number of aryl methyl sites for hydroxylation is 1. The van der Waals surface area contributed by atoms with Gasteiger partial charge in [-0.25, -0.2) is 9.80 Å². The number of carbonyl (C=O) groups excluding carboxylic acids is 1. The van der Waals surface area contributed by atoms with Crippen LogP contribution in [0.1, 0.15) is 48.9 Å². The van der Waals surface area contributed by atoms with Crippen molar-refractivity contribution in [2.75, 3.05) is 19.7 Å². The molecule has 1 spiro atoms. The number of piperidine rings is 1. The maximum Gasteiger partial charge on any atom is 0.409 e. The van der Waals surface area contributed by atoms with E-state index < -0.39 is 5.72 Å². The molecular formula is C24H27N3O3. The zero-order valence-electron chi connectivity index (χ0n) is 17.5. The number of para-hydroxylation sites is 1. The summed E-state index contributed by atoms with van der Waals surface area (Å²) in [6, 6.07) is 17.0. The Hall–Kier alpha value is -3.02. The highest BCUT2D eigenvalue weighted by molar-refractivity contribution is 6.02. The summed E-state index contributed by atoms with van der Waals surface area (Å²) < 4.78 is 11.8. The van der Waals surface area contributed by atoms with Crippen LogP contribution in [0.3, 0.4) is 0 Å². The van der Waals surface area contributed by atoms with Crippen molar-refractivity contribution in [1.82, 2.24) is 9.91 Å². The van der Waals surface area contributed by atoms with E-state index in [4.69, 9.17) is 14.6 Å². The van der Waals surface area contributed by atoms with Gasteiger partial charge < -0.3 is 14.4 Å². The van der Waals surface area contributed by atoms with Crippen LogP contribution in [-0.2, 0) is 4.74 Å². The van der Waals surface area contributed by atoms with Crippen LogP contribution in [0.2, 0.25) is 0 Å². The molecule has 0 saturated carbocycles. The molecule has 2 aromatic carbocycles. The van der Waals surface area contributed by atoms with Crippen molar-refractivity contribution in [3.63, 3.8) is 0 Å². The molecule has 6 heteroatoms. The molecule has 1 amide bonds. The third-order valence-electron chi connectivity index (χ3n) is 6.36. The SMILES string of the molecule is CCOC(=O)N1CCC2(CC1)Oc1ccccc1C1CC(c3ccc(C)cc3)=NN12. The van der Waals surface area contributed by atoms with Crippen molar-refractivity contribution < 1.29 is 14.3 Å². The summed E-state index contributed by atoms with van der Waals surface area (Å²) >= 11 is 0. The van der Waals surface area contributed by atoms with Gasteiger partial charge in [0.05, 0.1) is 18.4 Å². The molecule has 156 valence electrons. The van der Waals surface area contributed by atoms with Gasteiger partial charge in [0.1, 0.15) is 5.75 Å². The van der Waals surface area contributed by atoms with Gasteiger partial charge in [-0.1, -0.05) is 48.0 Å². The van der Waals surface area contributed by atoms with Crippen LogP contribution in [0.25, 0.3) is 0 Å². The van der Waals surface area contributed by atoms with E-state index >= 15 is 0 Å². The molecule has 5 rings (SSSR count). The number of carbonyl (C=O) groups is 1. The number of benzene rings is 2. The Balaban J connectivity index is 1.47. The first-order valence-electron chi connectivity index (χ1n) is 10.7. The van der Waals surface area contributed by atoms with E-state index in [1.54, 1.807) is 4.90 Å². The third kappa shape index (κ3) is 3.11. The minimum atomic E-state index is -0.533. The predicted molar refractivity (Wildman–Crippen MR) is 115 cm³/mol. The molecule has 3 heterocycles. The fourth-order valence-corrected chi connectivity index (χ4v) is 4.73. The van der Waals surface area contributed by atoms with Gasteiger partial charge in [0, 0.05) is 37.9 Å². The number of hydrogen-bond donors (Lipinski definition) is 0. The first kappa shape index (κ1) is 19.0. The number of ether oxygens (including phenoxy) is 2. The number of fused-ring (bicyclic) bond motifs is 4. The van der Waals surface area contributed by atoms with E-state index in [1.807, 2.05) is 13.0 Å². The zero-order valence-corrected chi connectivity index (χ0v) is 17.5. The average Bonchev–Trinajstić information content (AvgIpc) is 3.22. The largest absolute Gasteiger partial charge is 0.466 e. The Morgan fingerprint density at radius 3 is 2.63 bits per heavy atom. The summed E-state index contributed by atoms with van der Waals surface area (Å²) in [5, 5.41) is 7.26. The number of amides is 1. The first-order chi connectivity index (χ1) is 14.6. The summed E-state index contributed by atoms with van der Waals surface area (Å²) in [5.41, 5.74) is 4.14. The quantitative estimate of drug-likeness (QED) is 0.739. The fourth-order valence-electron chi connectivity index (χ4n) is 4.73. The molecule has 0 radical (unpaired) electrons. The minimum Gasteiger partial charge on any atom is -0.466 e. The molecule has 3 aliphatic rings. The Morgan fingerprint density at radius 1 is 1.17 bits per heavy atom. The number of nitrogens with zero attached hydrogens (tertiary/aromatic N) is 3. The fraction of sp³-hybridized carbons (Fsp3) is 0.417. The van der Waals surface area contributed by atoms with Crippen molar-refractivity contribution in [3.05, 3.63) is 65.2 Å². The monoisotopic (exact) mass is 405 g/mol. The summed E-state index contributed by atoms with van der Waals surface area (Å²) in [6.07, 6.45) is 2.00. The van der Waals surface area contributed by atoms with Gasteiger partial charge in [0.2, 0.25) is 5.72 Å². The van der Waals surface area contributed by atoms with Crippen LogP contribution < -0.4 is 4.74 Å². The van der Waals surface area contributed by atoms with E-state index in [1.165, 1.54) is 11.1 Å². The number of rotatable bonds is 2. The molecular weight excluding hydrogens is 378 g/mol. The highest BCUT2D eigenvalue weighted by atomic mass is 16.6. The Kier molecular flexibility index (Phi) is 4.65. The lowest BCUT2D eigenvalue weighted by Crippen LogP contribution is -2.59. The zero-order chi connectivity index (χ0) is 20.7. The summed E-state index contributed by atoms with van der Waals surface area (Å²) in [7, 11) is 0. The van der Waals surface area contributed by atoms with Crippen molar-refractivity contribution in [3.8, 4) is 5.75 Å². The van der Waals surface area contributed by atoms with Gasteiger partial charge in [0.25, 0.3) is 0 Å². The van der Waals surface area contributed by atoms with E-state index in [-0.39, 0.29) is 12.1 Å². The number of hydrazone groups is 1. The summed E-state index contributed by atoms with van der Waals surface area (Å²) in [5.74, 6) is 0.934. The molecule has 0 aliphatic carbocycles. The Labute approximate surface area is 177 Å². The highest BCUT2D eigenvalue weighted by Crippen LogP contribution is 2.49. The van der Waals surface area contributed by atoms with Crippen molar-refractivity contribution >= 4 is 11.8 Å². The molecule has 1 unspecified atom stereocenters. The van der Waals surface area contributed by atoms with Crippen LogP contribution in [0, 0.1) is 6.92 Å². The first-order valence-corrected chi connectivity index (χ1v) is 10.7. The van der Waals surface area contributed by atoms with E-state index in [0.29, 0.717) is 32.5 Å². The van der Waals surface area contributed by atoms with Gasteiger partial charge in [0.15, 0.2) is 0 Å². The molecule has 3 aliphatic heterocycles. The molecule has 1 fully saturated rings. The summed E-state index contributed by atoms with van der Waals surface area (Å²) in [4.78, 5) is 14.0. The number of likely N-dealkylation sites (tertiary alicyclic amines) is 1. The maximum atomic E-state index is 12.2. The maximum absolute atomic E-state index is 12.2. The van der Waals surface area contributed by atoms with E-state index in [9.17, 15) is 4.79 Å². The molecule has 0 bridgehead atoms. The Bertz CT molecular complexity index is 977. The van der Waals surface area contributed by atoms with E-state index in [0.717, 1.165) is 23.4 Å². The van der Waals surface area contributed by atoms with Crippen molar-refractivity contribution in [2.45, 2.75) is 44.9 Å². The van der Waals surface area contributed by atoms with Crippen LogP contribution in [0.15, 0.2) is 53.6 Å². The molecule has 2 aromatic rings. The third-order valence-corrected chi connectivity index (χ3v) is 6.36. The van der Waals surface area contributed by atoms with Crippen LogP contribution in [-0.4, -0.2) is 47.1 Å². The molecule has 1 saturated heterocycles. The van der Waals surface area contributed by atoms with Gasteiger partial charge in [-0.3, -0.25) is 0 Å². The van der Waals surface area contributed by atoms with Gasteiger partial charge in [-0.15, -0.1) is 0 Å². The highest BCUT2D eigenvalue weighted by Gasteiger charge is 2.52. The standard InChI is InChI=1S/C24H27N3O3/c1-3-29-23(28)26-14-12-24(13-15-26)27-21(19-6-4-5-7-22(19)30-24)16-20(25-27)18-10-8-17(2)9-11-18/h4-11,21H,3,12-16H2,1-2H3. The molecule has 1 atom stereocenters. The number of hydrogen-bond acceptors (Lipinski definition) is 5. The van der Waals surface area contributed by atoms with Crippen LogP contribution >= 0.6 is 0 Å².